The van der Waals surface area contributed by atoms with Gasteiger partial charge in [-0.1, -0.05) is 19.1 Å². The molecule has 45 heavy (non-hydrogen) atoms. The zero-order valence-corrected chi connectivity index (χ0v) is 27.2. The van der Waals surface area contributed by atoms with Crippen LogP contribution in [0.5, 0.6) is 0 Å². The van der Waals surface area contributed by atoms with Crippen molar-refractivity contribution in [2.45, 2.75) is 83.7 Å². The summed E-state index contributed by atoms with van der Waals surface area (Å²) in [5.74, 6) is -1.12. The molecule has 3 heterocycles. The fourth-order valence-corrected chi connectivity index (χ4v) is 5.56. The summed E-state index contributed by atoms with van der Waals surface area (Å²) in [6.07, 6.45) is -2.87. The van der Waals surface area contributed by atoms with E-state index in [2.05, 4.69) is 14.8 Å². The van der Waals surface area contributed by atoms with Crippen molar-refractivity contribution in [3.05, 3.63) is 11.9 Å². The van der Waals surface area contributed by atoms with Gasteiger partial charge in [-0.05, 0) is 0 Å². The van der Waals surface area contributed by atoms with Gasteiger partial charge in [0.25, 0.3) is 0 Å². The van der Waals surface area contributed by atoms with Crippen LogP contribution in [0.15, 0.2) is 6.20 Å². The predicted octanol–water partition coefficient (Wildman–Crippen LogP) is 0.360. The summed E-state index contributed by atoms with van der Waals surface area (Å²) in [7, 11) is 4.18. The summed E-state index contributed by atoms with van der Waals surface area (Å²) in [6.45, 7) is 7.67. The molecule has 2 fully saturated rings. The second-order valence-electron chi connectivity index (χ2n) is 10.7. The van der Waals surface area contributed by atoms with Gasteiger partial charge in [0.05, 0.1) is 45.8 Å². The zero-order chi connectivity index (χ0) is 33.1. The highest BCUT2D eigenvalue weighted by molar-refractivity contribution is 7.47. The van der Waals surface area contributed by atoms with E-state index in [4.69, 9.17) is 50.3 Å². The minimum Gasteiger partial charge on any atom is -0.463 e. The van der Waals surface area contributed by atoms with Gasteiger partial charge in [-0.2, -0.15) is 0 Å². The van der Waals surface area contributed by atoms with Crippen LogP contribution in [0.2, 0.25) is 0 Å². The highest BCUT2D eigenvalue weighted by atomic mass is 31.2. The van der Waals surface area contributed by atoms with Gasteiger partial charge in [0.2, 0.25) is 0 Å². The Kier molecular flexibility index (Phi) is 14.8. The number of carbonyl (C=O) groups is 2. The van der Waals surface area contributed by atoms with E-state index in [0.717, 1.165) is 7.11 Å². The molecule has 7 unspecified atom stereocenters. The molecule has 2 radical (unpaired) electrons. The van der Waals surface area contributed by atoms with E-state index in [0.29, 0.717) is 18.8 Å². The number of carbonyl (C=O) groups excluding carboxylic acids is 2. The Hall–Kier alpha value is -1.99. The molecule has 2 aliphatic heterocycles. The molecule has 0 aromatic carbocycles. The number of aromatic nitrogens is 3. The number of phosphoric acid groups is 1. The second-order valence-corrected chi connectivity index (χ2v) is 12.2. The fraction of sp³-hybridized carbons (Fsp3) is 0.846. The van der Waals surface area contributed by atoms with Gasteiger partial charge in [-0.15, -0.1) is 5.10 Å². The van der Waals surface area contributed by atoms with Crippen molar-refractivity contribution >= 4 is 27.6 Å². The third kappa shape index (κ3) is 11.3. The minimum atomic E-state index is -4.36. The highest BCUT2D eigenvalue weighted by Gasteiger charge is 2.47. The number of rotatable bonds is 18. The Morgan fingerprint density at radius 3 is 2.40 bits per heavy atom. The molecule has 0 saturated carbocycles. The standard InChI is InChI=1S/C26H43BN3O14P/c1-15-16(2)26(43-21(14-39-17(3)31)22(15)41-18(4)32)38-10-9-37-8-7-30-11-19(28-29-30)12-40-24-23(44-45(33,34)36-6)20(13-35-5)42-25(24)27/h11,15-16,20-26H,7-10,12-14H2,1-6H3,(H,33,34)/t15?,16?,20-,21?,22?,23?,24+,25-,26?/m1/s1. The van der Waals surface area contributed by atoms with Crippen LogP contribution in [0.1, 0.15) is 33.4 Å². The van der Waals surface area contributed by atoms with Gasteiger partial charge >= 0.3 is 19.8 Å². The smallest absolute Gasteiger partial charge is 0.463 e. The van der Waals surface area contributed by atoms with E-state index in [1.165, 1.54) is 21.0 Å². The van der Waals surface area contributed by atoms with E-state index < -0.39 is 62.6 Å². The van der Waals surface area contributed by atoms with Crippen molar-refractivity contribution in [3.8, 4) is 0 Å². The first-order valence-electron chi connectivity index (χ1n) is 14.5. The number of nitrogens with zero attached hydrogens (tertiary/aromatic N) is 3. The first-order chi connectivity index (χ1) is 21.3. The first kappa shape index (κ1) is 37.5. The molecule has 0 bridgehead atoms. The minimum absolute atomic E-state index is 0.0204. The Bertz CT molecular complexity index is 1130. The molecule has 1 N–H and O–H groups in total. The molecular formula is C26H43BN3O14P. The zero-order valence-electron chi connectivity index (χ0n) is 26.3. The average Bonchev–Trinajstić information content (AvgIpc) is 3.55. The number of esters is 2. The summed E-state index contributed by atoms with van der Waals surface area (Å²) in [5, 5.41) is 8.13. The number of hydrogen-bond acceptors (Lipinski definition) is 15. The Morgan fingerprint density at radius 1 is 1.00 bits per heavy atom. The Morgan fingerprint density at radius 2 is 1.73 bits per heavy atom. The van der Waals surface area contributed by atoms with Crippen LogP contribution >= 0.6 is 7.82 Å². The molecular weight excluding hydrogens is 620 g/mol. The predicted molar refractivity (Wildman–Crippen MR) is 153 cm³/mol. The molecule has 2 aliphatic rings. The summed E-state index contributed by atoms with van der Waals surface area (Å²) < 4.78 is 68.0. The normalized spacial score (nSPS) is 31.4. The monoisotopic (exact) mass is 663 g/mol. The van der Waals surface area contributed by atoms with Crippen molar-refractivity contribution in [3.63, 3.8) is 0 Å². The van der Waals surface area contributed by atoms with Gasteiger partial charge in [0.1, 0.15) is 50.7 Å². The lowest BCUT2D eigenvalue weighted by Gasteiger charge is -2.43. The van der Waals surface area contributed by atoms with Gasteiger partial charge in [-0.25, -0.2) is 9.25 Å². The van der Waals surface area contributed by atoms with Gasteiger partial charge in [0.15, 0.2) is 6.29 Å². The van der Waals surface area contributed by atoms with Crippen molar-refractivity contribution in [1.82, 2.24) is 15.0 Å². The molecule has 17 nitrogen and oxygen atoms in total. The third-order valence-corrected chi connectivity index (χ3v) is 8.32. The Balaban J connectivity index is 1.41. The highest BCUT2D eigenvalue weighted by Crippen LogP contribution is 2.46. The van der Waals surface area contributed by atoms with Crippen molar-refractivity contribution in [2.75, 3.05) is 47.3 Å². The van der Waals surface area contributed by atoms with Gasteiger partial charge < -0.3 is 42.8 Å². The second kappa shape index (κ2) is 17.8. The number of hydrogen-bond donors (Lipinski definition) is 1. The molecule has 3 rings (SSSR count). The van der Waals surface area contributed by atoms with Crippen LogP contribution in [0.25, 0.3) is 0 Å². The van der Waals surface area contributed by atoms with Gasteiger partial charge in [0, 0.05) is 45.9 Å². The third-order valence-electron chi connectivity index (χ3n) is 7.35. The summed E-state index contributed by atoms with van der Waals surface area (Å²) in [6, 6.07) is -0.946. The number of methoxy groups -OCH3 is 1. The lowest BCUT2D eigenvalue weighted by Crippen LogP contribution is -2.53. The Labute approximate surface area is 263 Å². The van der Waals surface area contributed by atoms with Crippen LogP contribution < -0.4 is 0 Å². The number of phosphoric ester groups is 1. The quantitative estimate of drug-likeness (QED) is 0.0978. The molecule has 2 saturated heterocycles. The maximum atomic E-state index is 12.0. The topological polar surface area (TPSA) is 194 Å². The average molecular weight is 663 g/mol. The van der Waals surface area contributed by atoms with E-state index in [9.17, 15) is 19.0 Å². The first-order valence-corrected chi connectivity index (χ1v) is 16.0. The van der Waals surface area contributed by atoms with Crippen molar-refractivity contribution in [2.24, 2.45) is 11.8 Å². The van der Waals surface area contributed by atoms with E-state index in [-0.39, 0.29) is 44.9 Å². The van der Waals surface area contributed by atoms with Crippen LogP contribution in [0.3, 0.4) is 0 Å². The van der Waals surface area contributed by atoms with Crippen LogP contribution in [-0.4, -0.2) is 130 Å². The van der Waals surface area contributed by atoms with E-state index in [1.54, 1.807) is 10.9 Å². The van der Waals surface area contributed by atoms with Crippen molar-refractivity contribution in [1.29, 1.82) is 0 Å². The van der Waals surface area contributed by atoms with Crippen LogP contribution in [0, 0.1) is 11.8 Å². The maximum absolute atomic E-state index is 12.0. The largest absolute Gasteiger partial charge is 0.472 e. The fourth-order valence-electron chi connectivity index (χ4n) is 4.91. The maximum Gasteiger partial charge on any atom is 0.472 e. The molecule has 0 aliphatic carbocycles. The van der Waals surface area contributed by atoms with E-state index in [1.807, 2.05) is 13.8 Å². The molecule has 10 atom stereocenters. The van der Waals surface area contributed by atoms with Crippen LogP contribution in [-0.2, 0) is 74.2 Å². The molecule has 0 spiro atoms. The molecule has 1 aromatic heterocycles. The lowest BCUT2D eigenvalue weighted by atomic mass is 9.84. The molecule has 19 heteroatoms. The van der Waals surface area contributed by atoms with E-state index >= 15 is 0 Å². The lowest BCUT2D eigenvalue weighted by molar-refractivity contribution is -0.275. The SMILES string of the molecule is [B][C@@H]1O[C@H](COC)C(OP(=O)(O)OC)[C@@H]1OCc1cn(CCOCCOC2OC(COC(C)=O)C(OC(C)=O)C(C)C2C)nn1. The molecule has 0 amide bonds. The van der Waals surface area contributed by atoms with Gasteiger partial charge in [-0.3, -0.25) is 18.6 Å². The number of ether oxygens (including phenoxy) is 8. The van der Waals surface area contributed by atoms with Crippen molar-refractivity contribution < 1.29 is 66.0 Å². The molecule has 254 valence electrons. The summed E-state index contributed by atoms with van der Waals surface area (Å²) in [5.41, 5.74) is 0.478. The molecule has 1 aromatic rings. The summed E-state index contributed by atoms with van der Waals surface area (Å²) in [4.78, 5) is 32.7. The summed E-state index contributed by atoms with van der Waals surface area (Å²) >= 11 is 0. The van der Waals surface area contributed by atoms with Crippen LogP contribution in [0.4, 0.5) is 0 Å².